The summed E-state index contributed by atoms with van der Waals surface area (Å²) in [6, 6.07) is 18.5. The van der Waals surface area contributed by atoms with Gasteiger partial charge in [0.25, 0.3) is 5.01 Å². The highest BCUT2D eigenvalue weighted by Gasteiger charge is 2.20. The highest BCUT2D eigenvalue weighted by molar-refractivity contribution is 7.24. The Labute approximate surface area is 199 Å². The van der Waals surface area contributed by atoms with Crippen LogP contribution in [0, 0.1) is 0 Å². The van der Waals surface area contributed by atoms with Gasteiger partial charge < -0.3 is 28.7 Å². The van der Waals surface area contributed by atoms with Crippen LogP contribution >= 0.6 is 22.7 Å². The fourth-order valence-electron chi connectivity index (χ4n) is 3.73. The number of fused-ring (bicyclic) bond motifs is 4. The lowest BCUT2D eigenvalue weighted by Gasteiger charge is -1.98. The van der Waals surface area contributed by atoms with Gasteiger partial charge in [0.2, 0.25) is 5.52 Å². The van der Waals surface area contributed by atoms with Crippen molar-refractivity contribution in [2.45, 2.75) is 13.5 Å². The zero-order valence-corrected chi connectivity index (χ0v) is 20.3. The second-order valence-electron chi connectivity index (χ2n) is 6.67. The Kier molecular flexibility index (Phi) is 5.95. The van der Waals surface area contributed by atoms with E-state index in [0.717, 1.165) is 27.2 Å². The van der Waals surface area contributed by atoms with E-state index in [1.54, 1.807) is 22.7 Å². The van der Waals surface area contributed by atoms with Crippen molar-refractivity contribution in [3.05, 3.63) is 70.9 Å². The number of esters is 1. The molecule has 5 rings (SSSR count). The summed E-state index contributed by atoms with van der Waals surface area (Å²) in [6.45, 7) is 3.07. The van der Waals surface area contributed by atoms with Crippen molar-refractivity contribution in [2.24, 2.45) is 0 Å². The van der Waals surface area contributed by atoms with Crippen molar-refractivity contribution in [2.75, 3.05) is 7.11 Å². The van der Waals surface area contributed by atoms with Crippen LogP contribution in [0.25, 0.3) is 37.4 Å². The van der Waals surface area contributed by atoms with Gasteiger partial charge in [0.15, 0.2) is 0 Å². The van der Waals surface area contributed by atoms with Gasteiger partial charge in [-0.25, -0.2) is 4.79 Å². The fourth-order valence-corrected chi connectivity index (χ4v) is 6.01. The standard InChI is InChI=1S/C23H19N2O2S2.HI/c1-3-24-16-8-4-6-10-19(16)28-21(24)13-12-15-14-18(23(26)27-2)25-17-9-5-7-11-20(17)29-22(15)25;/h4-14H,3H2,1-2H3;1H/q+1;/p-1. The van der Waals surface area contributed by atoms with Gasteiger partial charge in [0.05, 0.1) is 17.3 Å². The molecule has 0 spiro atoms. The van der Waals surface area contributed by atoms with Crippen LogP contribution in [0.4, 0.5) is 0 Å². The summed E-state index contributed by atoms with van der Waals surface area (Å²) >= 11 is 3.46. The van der Waals surface area contributed by atoms with Crippen molar-refractivity contribution in [1.29, 1.82) is 0 Å². The Morgan fingerprint density at radius 3 is 2.57 bits per heavy atom. The van der Waals surface area contributed by atoms with E-state index in [0.29, 0.717) is 5.69 Å². The number of para-hydroxylation sites is 2. The van der Waals surface area contributed by atoms with E-state index in [4.69, 9.17) is 4.74 Å². The number of nitrogens with zero attached hydrogens (tertiary/aromatic N) is 2. The lowest BCUT2D eigenvalue weighted by atomic mass is 10.3. The lowest BCUT2D eigenvalue weighted by Crippen LogP contribution is -3.00. The first-order valence-electron chi connectivity index (χ1n) is 9.42. The predicted octanol–water partition coefficient (Wildman–Crippen LogP) is 2.64. The molecule has 30 heavy (non-hydrogen) atoms. The second-order valence-corrected chi connectivity index (χ2v) is 8.77. The van der Waals surface area contributed by atoms with Gasteiger partial charge >= 0.3 is 5.97 Å². The number of rotatable bonds is 4. The van der Waals surface area contributed by atoms with Gasteiger partial charge in [-0.05, 0) is 37.3 Å². The molecule has 0 N–H and O–H groups in total. The van der Waals surface area contributed by atoms with Crippen molar-refractivity contribution < 1.29 is 38.1 Å². The summed E-state index contributed by atoms with van der Waals surface area (Å²) in [7, 11) is 1.42. The summed E-state index contributed by atoms with van der Waals surface area (Å²) in [4.78, 5) is 13.5. The molecule has 7 heteroatoms. The maximum absolute atomic E-state index is 12.4. The molecule has 0 fully saturated rings. The van der Waals surface area contributed by atoms with E-state index >= 15 is 0 Å². The summed E-state index contributed by atoms with van der Waals surface area (Å²) in [6.07, 6.45) is 4.25. The Hall–Kier alpha value is -2.23. The van der Waals surface area contributed by atoms with Crippen molar-refractivity contribution in [3.63, 3.8) is 0 Å². The summed E-state index contributed by atoms with van der Waals surface area (Å²) in [5.41, 5.74) is 3.85. The average molecular weight is 546 g/mol. The van der Waals surface area contributed by atoms with Gasteiger partial charge in [-0.2, -0.15) is 4.57 Å². The smallest absolute Gasteiger partial charge is 0.355 e. The van der Waals surface area contributed by atoms with Crippen LogP contribution in [0.15, 0.2) is 54.6 Å². The maximum atomic E-state index is 12.4. The molecule has 3 aromatic heterocycles. The number of aromatic nitrogens is 2. The van der Waals surface area contributed by atoms with Crippen LogP contribution in [0.1, 0.15) is 28.0 Å². The van der Waals surface area contributed by atoms with E-state index in [9.17, 15) is 4.79 Å². The molecule has 3 heterocycles. The molecular formula is C23H19IN2O2S2. The average Bonchev–Trinajstić information content (AvgIpc) is 3.41. The molecule has 0 aliphatic carbocycles. The molecule has 0 saturated carbocycles. The molecule has 152 valence electrons. The van der Waals surface area contributed by atoms with E-state index in [1.807, 2.05) is 28.7 Å². The van der Waals surface area contributed by atoms with Crippen LogP contribution in [0.3, 0.4) is 0 Å². The second kappa shape index (κ2) is 8.49. The molecule has 4 nitrogen and oxygen atoms in total. The largest absolute Gasteiger partial charge is 1.00 e. The highest BCUT2D eigenvalue weighted by atomic mass is 127. The number of hydrogen-bond acceptors (Lipinski definition) is 4. The van der Waals surface area contributed by atoms with E-state index in [1.165, 1.54) is 22.3 Å². The Bertz CT molecular complexity index is 1410. The normalized spacial score (nSPS) is 11.5. The first kappa shape index (κ1) is 21.0. The maximum Gasteiger partial charge on any atom is 0.355 e. The monoisotopic (exact) mass is 546 g/mol. The Morgan fingerprint density at radius 2 is 1.80 bits per heavy atom. The van der Waals surface area contributed by atoms with E-state index in [-0.39, 0.29) is 29.9 Å². The fraction of sp³-hybridized carbons (Fsp3) is 0.130. The Balaban J connectivity index is 0.00000218. The first-order valence-corrected chi connectivity index (χ1v) is 11.1. The number of aryl methyl sites for hydroxylation is 1. The number of thiazole rings is 2. The minimum atomic E-state index is -0.325. The number of methoxy groups -OCH3 is 1. The van der Waals surface area contributed by atoms with Gasteiger partial charge in [0.1, 0.15) is 21.8 Å². The molecule has 0 aliphatic rings. The molecule has 0 atom stereocenters. The summed E-state index contributed by atoms with van der Waals surface area (Å²) in [5.74, 6) is -0.325. The van der Waals surface area contributed by atoms with Crippen molar-refractivity contribution in [1.82, 2.24) is 4.40 Å². The number of carbonyl (C=O) groups excluding carboxylic acids is 1. The quantitative estimate of drug-likeness (QED) is 0.198. The number of halogens is 1. The SMILES string of the molecule is CC[n+]1c(/C=C/c2cc(C(=O)OC)n3c2sc2ccccc23)sc2ccccc21.[I-]. The molecule has 0 amide bonds. The number of hydrogen-bond donors (Lipinski definition) is 0. The predicted molar refractivity (Wildman–Crippen MR) is 121 cm³/mol. The molecule has 0 unspecified atom stereocenters. The lowest BCUT2D eigenvalue weighted by molar-refractivity contribution is -0.665. The third-order valence-corrected chi connectivity index (χ3v) is 7.36. The third kappa shape index (κ3) is 3.34. The molecule has 2 aromatic carbocycles. The van der Waals surface area contributed by atoms with Gasteiger partial charge in [-0.1, -0.05) is 35.6 Å². The molecule has 0 radical (unpaired) electrons. The number of benzene rings is 2. The van der Waals surface area contributed by atoms with Crippen LogP contribution in [0.2, 0.25) is 0 Å². The van der Waals surface area contributed by atoms with Crippen LogP contribution in [-0.4, -0.2) is 17.5 Å². The van der Waals surface area contributed by atoms with E-state index in [2.05, 4.69) is 54.0 Å². The van der Waals surface area contributed by atoms with E-state index < -0.39 is 0 Å². The number of carbonyl (C=O) groups is 1. The van der Waals surface area contributed by atoms with Gasteiger partial charge in [-0.15, -0.1) is 11.3 Å². The molecule has 5 aromatic rings. The van der Waals surface area contributed by atoms with Gasteiger partial charge in [0, 0.05) is 17.7 Å². The van der Waals surface area contributed by atoms with Crippen LogP contribution < -0.4 is 28.5 Å². The number of ether oxygens (including phenoxy) is 1. The van der Waals surface area contributed by atoms with Crippen LogP contribution in [-0.2, 0) is 11.3 Å². The first-order chi connectivity index (χ1) is 14.2. The summed E-state index contributed by atoms with van der Waals surface area (Å²) < 4.78 is 11.8. The minimum absolute atomic E-state index is 0. The van der Waals surface area contributed by atoms with Crippen molar-refractivity contribution >= 4 is 66.1 Å². The molecular weight excluding hydrogens is 527 g/mol. The Morgan fingerprint density at radius 1 is 1.07 bits per heavy atom. The molecule has 0 aliphatic heterocycles. The van der Waals surface area contributed by atoms with Crippen LogP contribution in [0.5, 0.6) is 0 Å². The topological polar surface area (TPSA) is 34.6 Å². The summed E-state index contributed by atoms with van der Waals surface area (Å²) in [5, 5.41) is 1.19. The zero-order chi connectivity index (χ0) is 20.0. The minimum Gasteiger partial charge on any atom is -1.00 e. The molecule has 0 bridgehead atoms. The zero-order valence-electron chi connectivity index (χ0n) is 16.5. The third-order valence-electron chi connectivity index (χ3n) is 5.05. The van der Waals surface area contributed by atoms with Gasteiger partial charge in [-0.3, -0.25) is 4.40 Å². The highest BCUT2D eigenvalue weighted by Crippen LogP contribution is 2.33. The molecule has 0 saturated heterocycles. The van der Waals surface area contributed by atoms with Crippen molar-refractivity contribution in [3.8, 4) is 0 Å².